The van der Waals surface area contributed by atoms with E-state index in [0.717, 1.165) is 43.5 Å². The van der Waals surface area contributed by atoms with Gasteiger partial charge in [-0.25, -0.2) is 0 Å². The van der Waals surface area contributed by atoms with Gasteiger partial charge in [0.1, 0.15) is 18.2 Å². The minimum atomic E-state index is 0.127. The molecule has 0 radical (unpaired) electrons. The summed E-state index contributed by atoms with van der Waals surface area (Å²) in [6, 6.07) is 30.6. The van der Waals surface area contributed by atoms with Crippen molar-refractivity contribution in [2.75, 3.05) is 0 Å². The van der Waals surface area contributed by atoms with Crippen molar-refractivity contribution in [2.24, 2.45) is 0 Å². The summed E-state index contributed by atoms with van der Waals surface area (Å²) in [5, 5.41) is 35.4. The molecule has 0 spiro atoms. The fraction of sp³-hybridized carbons (Fsp3) is 0. The Balaban J connectivity index is 2.10. The van der Waals surface area contributed by atoms with Crippen molar-refractivity contribution in [3.63, 3.8) is 0 Å². The van der Waals surface area contributed by atoms with Crippen LogP contribution in [0.25, 0.3) is 48.9 Å². The molecule has 0 atom stereocenters. The first-order chi connectivity index (χ1) is 15.3. The summed E-state index contributed by atoms with van der Waals surface area (Å²) in [6.45, 7) is 0. The zero-order valence-electron chi connectivity index (χ0n) is 16.2. The van der Waals surface area contributed by atoms with Crippen LogP contribution in [-0.4, -0.2) is 4.40 Å². The number of benzene rings is 4. The molecule has 0 fully saturated rings. The van der Waals surface area contributed by atoms with Crippen LogP contribution in [0.2, 0.25) is 0 Å². The molecule has 6 aromatic rings. The molecule has 0 aliphatic carbocycles. The normalized spacial score (nSPS) is 11.1. The van der Waals surface area contributed by atoms with Gasteiger partial charge in [0.05, 0.1) is 33.2 Å². The fourth-order valence-corrected chi connectivity index (χ4v) is 4.78. The van der Waals surface area contributed by atoms with Gasteiger partial charge < -0.3 is 4.40 Å². The highest BCUT2D eigenvalue weighted by molar-refractivity contribution is 6.26. The summed E-state index contributed by atoms with van der Waals surface area (Å²) in [5.41, 5.74) is 3.35. The number of aromatic nitrogens is 1. The maximum atomic E-state index is 10.1. The summed E-state index contributed by atoms with van der Waals surface area (Å²) in [4.78, 5) is 0. The summed E-state index contributed by atoms with van der Waals surface area (Å²) in [6.07, 6.45) is 0. The van der Waals surface area contributed by atoms with Crippen molar-refractivity contribution in [3.05, 3.63) is 89.5 Å². The first kappa shape index (κ1) is 17.0. The SMILES string of the molecule is N#Cc1cc2c(c(C#N)c1C#N)c1c3ccccc3ccc1c1cc3ccccc3n12. The van der Waals surface area contributed by atoms with Gasteiger partial charge >= 0.3 is 0 Å². The number of hydrogen-bond donors (Lipinski definition) is 0. The third-order valence-corrected chi connectivity index (χ3v) is 6.06. The largest absolute Gasteiger partial charge is 0.309 e. The first-order valence-corrected chi connectivity index (χ1v) is 9.81. The standard InChI is InChI=1S/C27H12N4/c28-13-18-12-25-27(22(15-30)21(18)14-29)26-19-7-3-1-5-16(19)9-10-20(26)24-11-17-6-2-4-8-23(17)31(24)25/h1-12H. The maximum Gasteiger partial charge on any atom is 0.102 e. The monoisotopic (exact) mass is 392 g/mol. The van der Waals surface area contributed by atoms with Crippen LogP contribution < -0.4 is 0 Å². The Bertz CT molecular complexity index is 1870. The van der Waals surface area contributed by atoms with Gasteiger partial charge in [-0.1, -0.05) is 54.6 Å². The Morgan fingerprint density at radius 3 is 2.06 bits per heavy atom. The zero-order chi connectivity index (χ0) is 21.1. The average Bonchev–Trinajstić information content (AvgIpc) is 3.22. The third-order valence-electron chi connectivity index (χ3n) is 6.06. The summed E-state index contributed by atoms with van der Waals surface area (Å²) >= 11 is 0. The molecule has 2 aromatic heterocycles. The second-order valence-electron chi connectivity index (χ2n) is 7.54. The van der Waals surface area contributed by atoms with Crippen molar-refractivity contribution in [3.8, 4) is 18.2 Å². The molecule has 0 N–H and O–H groups in total. The molecule has 31 heavy (non-hydrogen) atoms. The van der Waals surface area contributed by atoms with Gasteiger partial charge in [-0.05, 0) is 29.0 Å². The molecule has 2 heterocycles. The van der Waals surface area contributed by atoms with Crippen LogP contribution >= 0.6 is 0 Å². The molecule has 0 saturated carbocycles. The molecule has 0 amide bonds. The van der Waals surface area contributed by atoms with Crippen molar-refractivity contribution >= 4 is 48.9 Å². The molecule has 6 rings (SSSR count). The van der Waals surface area contributed by atoms with E-state index in [1.165, 1.54) is 0 Å². The van der Waals surface area contributed by atoms with E-state index in [2.05, 4.69) is 46.9 Å². The number of rotatable bonds is 0. The molecule has 4 nitrogen and oxygen atoms in total. The second-order valence-corrected chi connectivity index (χ2v) is 7.54. The maximum absolute atomic E-state index is 10.1. The number of para-hydroxylation sites is 1. The van der Waals surface area contributed by atoms with Crippen LogP contribution in [-0.2, 0) is 0 Å². The van der Waals surface area contributed by atoms with Crippen LogP contribution in [0.4, 0.5) is 0 Å². The first-order valence-electron chi connectivity index (χ1n) is 9.81. The third kappa shape index (κ3) is 2.10. The average molecular weight is 392 g/mol. The van der Waals surface area contributed by atoms with E-state index in [1.54, 1.807) is 6.07 Å². The van der Waals surface area contributed by atoms with Gasteiger partial charge in [-0.2, -0.15) is 15.8 Å². The number of nitrogens with zero attached hydrogens (tertiary/aromatic N) is 4. The number of fused-ring (bicyclic) bond motifs is 10. The second kappa shape index (κ2) is 6.07. The summed E-state index contributed by atoms with van der Waals surface area (Å²) in [7, 11) is 0. The van der Waals surface area contributed by atoms with E-state index in [4.69, 9.17) is 0 Å². The smallest absolute Gasteiger partial charge is 0.102 e. The lowest BCUT2D eigenvalue weighted by atomic mass is 9.91. The van der Waals surface area contributed by atoms with Gasteiger partial charge in [0.25, 0.3) is 0 Å². The Morgan fingerprint density at radius 1 is 0.548 bits per heavy atom. The minimum absolute atomic E-state index is 0.127. The highest BCUT2D eigenvalue weighted by Gasteiger charge is 2.21. The molecular formula is C27H12N4. The minimum Gasteiger partial charge on any atom is -0.309 e. The van der Waals surface area contributed by atoms with Crippen molar-refractivity contribution in [1.29, 1.82) is 15.8 Å². The highest BCUT2D eigenvalue weighted by Crippen LogP contribution is 2.40. The molecule has 0 bridgehead atoms. The lowest BCUT2D eigenvalue weighted by Gasteiger charge is -2.15. The molecular weight excluding hydrogens is 380 g/mol. The van der Waals surface area contributed by atoms with E-state index in [-0.39, 0.29) is 16.7 Å². The van der Waals surface area contributed by atoms with E-state index >= 15 is 0 Å². The Kier molecular flexibility index (Phi) is 3.34. The topological polar surface area (TPSA) is 75.8 Å². The van der Waals surface area contributed by atoms with Crippen LogP contribution in [0.3, 0.4) is 0 Å². The Morgan fingerprint density at radius 2 is 1.29 bits per heavy atom. The number of nitriles is 3. The van der Waals surface area contributed by atoms with E-state index in [1.807, 2.05) is 42.5 Å². The van der Waals surface area contributed by atoms with Gasteiger partial charge in [0, 0.05) is 21.5 Å². The Labute approximate surface area is 177 Å². The predicted octanol–water partition coefficient (Wildman–Crippen LogP) is 6.17. The van der Waals surface area contributed by atoms with E-state index < -0.39 is 0 Å². The highest BCUT2D eigenvalue weighted by atomic mass is 14.9. The lowest BCUT2D eigenvalue weighted by molar-refractivity contribution is 1.33. The van der Waals surface area contributed by atoms with Gasteiger partial charge in [-0.15, -0.1) is 0 Å². The van der Waals surface area contributed by atoms with Crippen LogP contribution in [0.1, 0.15) is 16.7 Å². The summed E-state index contributed by atoms with van der Waals surface area (Å²) < 4.78 is 2.10. The van der Waals surface area contributed by atoms with E-state index in [0.29, 0.717) is 5.39 Å². The molecule has 0 aliphatic rings. The molecule has 4 heteroatoms. The predicted molar refractivity (Wildman–Crippen MR) is 122 cm³/mol. The molecule has 4 aromatic carbocycles. The molecule has 140 valence electrons. The number of pyridine rings is 1. The van der Waals surface area contributed by atoms with Crippen molar-refractivity contribution < 1.29 is 0 Å². The van der Waals surface area contributed by atoms with Crippen LogP contribution in [0.5, 0.6) is 0 Å². The summed E-state index contributed by atoms with van der Waals surface area (Å²) in [5.74, 6) is 0. The molecule has 0 unspecified atom stereocenters. The van der Waals surface area contributed by atoms with Gasteiger partial charge in [-0.3, -0.25) is 0 Å². The van der Waals surface area contributed by atoms with Crippen LogP contribution in [0.15, 0.2) is 72.8 Å². The van der Waals surface area contributed by atoms with Gasteiger partial charge in [0.15, 0.2) is 0 Å². The number of hydrogen-bond acceptors (Lipinski definition) is 3. The van der Waals surface area contributed by atoms with Gasteiger partial charge in [0.2, 0.25) is 0 Å². The van der Waals surface area contributed by atoms with Crippen molar-refractivity contribution in [2.45, 2.75) is 0 Å². The van der Waals surface area contributed by atoms with Crippen molar-refractivity contribution in [1.82, 2.24) is 4.40 Å². The fourth-order valence-electron chi connectivity index (χ4n) is 4.78. The lowest BCUT2D eigenvalue weighted by Crippen LogP contribution is -1.99. The molecule has 0 saturated heterocycles. The van der Waals surface area contributed by atoms with E-state index in [9.17, 15) is 15.8 Å². The Hall–Kier alpha value is -4.85. The van der Waals surface area contributed by atoms with Crippen LogP contribution in [0, 0.1) is 34.0 Å². The quantitative estimate of drug-likeness (QED) is 0.290. The zero-order valence-corrected chi connectivity index (χ0v) is 16.2. The molecule has 0 aliphatic heterocycles.